The number of halogens is 2. The molecule has 4 aromatic rings. The van der Waals surface area contributed by atoms with Crippen LogP contribution in [0.4, 0.5) is 8.78 Å². The van der Waals surface area contributed by atoms with E-state index in [1.165, 1.54) is 6.07 Å². The van der Waals surface area contributed by atoms with Gasteiger partial charge in [0.1, 0.15) is 0 Å². The molecule has 3 heterocycles. The number of hydrogen-bond donors (Lipinski definition) is 1. The molecule has 1 N–H and O–H groups in total. The Labute approximate surface area is 130 Å². The highest BCUT2D eigenvalue weighted by Crippen LogP contribution is 2.30. The third-order valence-electron chi connectivity index (χ3n) is 3.97. The molecule has 1 aromatic carbocycles. The second kappa shape index (κ2) is 4.87. The molecule has 3 aromatic heterocycles. The third-order valence-corrected chi connectivity index (χ3v) is 3.97. The van der Waals surface area contributed by atoms with Crippen LogP contribution in [0.2, 0.25) is 0 Å². The highest BCUT2D eigenvalue weighted by molar-refractivity contribution is 5.91. The maximum Gasteiger partial charge on any atom is 0.160 e. The van der Waals surface area contributed by atoms with E-state index in [1.807, 2.05) is 16.7 Å². The number of aromatic nitrogens is 4. The van der Waals surface area contributed by atoms with Crippen LogP contribution < -0.4 is 0 Å². The first-order chi connectivity index (χ1) is 11.0. The van der Waals surface area contributed by atoms with E-state index in [4.69, 9.17) is 0 Å². The molecule has 0 aliphatic carbocycles. The second-order valence-corrected chi connectivity index (χ2v) is 5.86. The number of nitrogens with one attached hydrogen (secondary N) is 1. The summed E-state index contributed by atoms with van der Waals surface area (Å²) in [6, 6.07) is 7.85. The molecule has 6 heteroatoms. The van der Waals surface area contributed by atoms with Crippen LogP contribution in [0.25, 0.3) is 27.8 Å². The van der Waals surface area contributed by atoms with Gasteiger partial charge in [0, 0.05) is 22.8 Å². The van der Waals surface area contributed by atoms with E-state index in [1.54, 1.807) is 12.3 Å². The summed E-state index contributed by atoms with van der Waals surface area (Å²) in [5, 5.41) is 7.70. The molecule has 0 aliphatic rings. The minimum atomic E-state index is -0.864. The van der Waals surface area contributed by atoms with Crippen molar-refractivity contribution in [1.29, 1.82) is 0 Å². The van der Waals surface area contributed by atoms with Crippen LogP contribution in [-0.4, -0.2) is 19.7 Å². The van der Waals surface area contributed by atoms with Crippen LogP contribution in [0.3, 0.4) is 0 Å². The van der Waals surface area contributed by atoms with E-state index in [0.29, 0.717) is 11.3 Å². The molecular weight excluding hydrogens is 298 g/mol. The van der Waals surface area contributed by atoms with Crippen LogP contribution in [0.1, 0.15) is 25.5 Å². The van der Waals surface area contributed by atoms with Gasteiger partial charge in [-0.2, -0.15) is 5.10 Å². The Bertz CT molecular complexity index is 1030. The summed E-state index contributed by atoms with van der Waals surface area (Å²) in [6.07, 6.45) is 1.69. The highest BCUT2D eigenvalue weighted by atomic mass is 19.2. The molecular formula is C17H14F2N4. The molecule has 0 amide bonds. The van der Waals surface area contributed by atoms with E-state index in [2.05, 4.69) is 29.0 Å². The van der Waals surface area contributed by atoms with E-state index < -0.39 is 11.6 Å². The van der Waals surface area contributed by atoms with Gasteiger partial charge in [-0.1, -0.05) is 13.8 Å². The molecule has 4 rings (SSSR count). The lowest BCUT2D eigenvalue weighted by Gasteiger charge is -2.13. The zero-order valence-electron chi connectivity index (χ0n) is 12.6. The van der Waals surface area contributed by atoms with Gasteiger partial charge >= 0.3 is 0 Å². The lowest BCUT2D eigenvalue weighted by Crippen LogP contribution is -2.02. The molecule has 0 spiro atoms. The lowest BCUT2D eigenvalue weighted by atomic mass is 10.1. The lowest BCUT2D eigenvalue weighted by molar-refractivity contribution is 0.508. The van der Waals surface area contributed by atoms with Crippen molar-refractivity contribution in [1.82, 2.24) is 19.7 Å². The van der Waals surface area contributed by atoms with E-state index in [-0.39, 0.29) is 5.92 Å². The molecule has 0 radical (unpaired) electrons. The standard InChI is InChI=1S/C17H14F2N4/c1-9(2)15-7-14-16(5-10-8-20-22-17(10)21-14)23(15)11-3-4-12(18)13(19)6-11/h3-9H,1-2H3,(H,20,21,22). The van der Waals surface area contributed by atoms with Crippen LogP contribution in [0, 0.1) is 11.6 Å². The predicted octanol–water partition coefficient (Wildman–Crippen LogP) is 4.30. The Balaban J connectivity index is 2.08. The van der Waals surface area contributed by atoms with E-state index in [9.17, 15) is 8.78 Å². The summed E-state index contributed by atoms with van der Waals surface area (Å²) in [7, 11) is 0. The van der Waals surface area contributed by atoms with Crippen molar-refractivity contribution in [2.75, 3.05) is 0 Å². The maximum absolute atomic E-state index is 13.7. The normalized spacial score (nSPS) is 11.9. The van der Waals surface area contributed by atoms with Crippen LogP contribution >= 0.6 is 0 Å². The van der Waals surface area contributed by atoms with Gasteiger partial charge in [0.05, 0.1) is 17.2 Å². The summed E-state index contributed by atoms with van der Waals surface area (Å²) in [4.78, 5) is 4.56. The van der Waals surface area contributed by atoms with Gasteiger partial charge in [-0.15, -0.1) is 0 Å². The van der Waals surface area contributed by atoms with E-state index in [0.717, 1.165) is 28.2 Å². The van der Waals surface area contributed by atoms with Crippen molar-refractivity contribution < 1.29 is 8.78 Å². The van der Waals surface area contributed by atoms with Gasteiger partial charge in [0.2, 0.25) is 0 Å². The van der Waals surface area contributed by atoms with Gasteiger partial charge in [-0.25, -0.2) is 13.8 Å². The fraction of sp³-hybridized carbons (Fsp3) is 0.176. The molecule has 0 saturated carbocycles. The first kappa shape index (κ1) is 13.9. The molecule has 23 heavy (non-hydrogen) atoms. The van der Waals surface area contributed by atoms with Crippen molar-refractivity contribution in [3.63, 3.8) is 0 Å². The highest BCUT2D eigenvalue weighted by Gasteiger charge is 2.16. The minimum absolute atomic E-state index is 0.203. The summed E-state index contributed by atoms with van der Waals surface area (Å²) < 4.78 is 28.9. The number of pyridine rings is 1. The summed E-state index contributed by atoms with van der Waals surface area (Å²) in [6.45, 7) is 4.11. The number of hydrogen-bond acceptors (Lipinski definition) is 2. The number of nitrogens with zero attached hydrogens (tertiary/aromatic N) is 3. The van der Waals surface area contributed by atoms with Gasteiger partial charge in [-0.3, -0.25) is 5.10 Å². The molecule has 116 valence electrons. The van der Waals surface area contributed by atoms with E-state index >= 15 is 0 Å². The number of aromatic amines is 1. The number of benzene rings is 1. The average Bonchev–Trinajstić information content (AvgIpc) is 3.11. The Morgan fingerprint density at radius 3 is 2.65 bits per heavy atom. The Hall–Kier alpha value is -2.76. The molecule has 0 unspecified atom stereocenters. The van der Waals surface area contributed by atoms with Crippen LogP contribution in [0.15, 0.2) is 36.5 Å². The van der Waals surface area contributed by atoms with Gasteiger partial charge in [0.15, 0.2) is 17.3 Å². The summed E-state index contributed by atoms with van der Waals surface area (Å²) in [5.74, 6) is -1.52. The van der Waals surface area contributed by atoms with Crippen molar-refractivity contribution in [2.24, 2.45) is 0 Å². The minimum Gasteiger partial charge on any atom is -0.312 e. The fourth-order valence-corrected chi connectivity index (χ4v) is 2.85. The fourth-order valence-electron chi connectivity index (χ4n) is 2.85. The van der Waals surface area contributed by atoms with Gasteiger partial charge < -0.3 is 4.57 Å². The molecule has 0 fully saturated rings. The maximum atomic E-state index is 13.7. The Morgan fingerprint density at radius 1 is 1.09 bits per heavy atom. The quantitative estimate of drug-likeness (QED) is 0.600. The Morgan fingerprint density at radius 2 is 1.91 bits per heavy atom. The topological polar surface area (TPSA) is 46.5 Å². The van der Waals surface area contributed by atoms with Gasteiger partial charge in [0.25, 0.3) is 0 Å². The molecule has 0 bridgehead atoms. The first-order valence-corrected chi connectivity index (χ1v) is 7.35. The molecule has 0 saturated heterocycles. The molecule has 4 nitrogen and oxygen atoms in total. The number of rotatable bonds is 2. The van der Waals surface area contributed by atoms with Crippen LogP contribution in [-0.2, 0) is 0 Å². The molecule has 0 atom stereocenters. The van der Waals surface area contributed by atoms with Crippen LogP contribution in [0.5, 0.6) is 0 Å². The second-order valence-electron chi connectivity index (χ2n) is 5.86. The molecule has 0 aliphatic heterocycles. The van der Waals surface area contributed by atoms with Crippen molar-refractivity contribution in [3.8, 4) is 5.69 Å². The zero-order chi connectivity index (χ0) is 16.1. The van der Waals surface area contributed by atoms with Crippen molar-refractivity contribution >= 4 is 22.1 Å². The first-order valence-electron chi connectivity index (χ1n) is 7.35. The number of H-pyrrole nitrogens is 1. The summed E-state index contributed by atoms with van der Waals surface area (Å²) in [5.41, 5.74) is 3.89. The average molecular weight is 312 g/mol. The van der Waals surface area contributed by atoms with Crippen molar-refractivity contribution in [3.05, 3.63) is 53.9 Å². The zero-order valence-corrected chi connectivity index (χ0v) is 12.6. The van der Waals surface area contributed by atoms with Gasteiger partial charge in [-0.05, 0) is 30.2 Å². The largest absolute Gasteiger partial charge is 0.312 e. The number of fused-ring (bicyclic) bond motifs is 2. The smallest absolute Gasteiger partial charge is 0.160 e. The third kappa shape index (κ3) is 2.10. The summed E-state index contributed by atoms with van der Waals surface area (Å²) >= 11 is 0. The monoisotopic (exact) mass is 312 g/mol. The van der Waals surface area contributed by atoms with Crippen molar-refractivity contribution in [2.45, 2.75) is 19.8 Å². The predicted molar refractivity (Wildman–Crippen MR) is 84.7 cm³/mol. The SMILES string of the molecule is CC(C)c1cc2nc3[nH]ncc3cc2n1-c1ccc(F)c(F)c1. The Kier molecular flexibility index (Phi) is 2.94.